The zero-order valence-electron chi connectivity index (χ0n) is 15.9. The lowest BCUT2D eigenvalue weighted by atomic mass is 9.87. The first-order valence-corrected chi connectivity index (χ1v) is 8.50. The molecule has 1 aromatic carbocycles. The molecule has 9 nitrogen and oxygen atoms in total. The number of rotatable bonds is 7. The van der Waals surface area contributed by atoms with Crippen LogP contribution in [0.2, 0.25) is 0 Å². The Labute approximate surface area is 157 Å². The van der Waals surface area contributed by atoms with E-state index in [0.29, 0.717) is 17.7 Å². The van der Waals surface area contributed by atoms with E-state index >= 15 is 0 Å². The molecule has 1 atom stereocenters. The Hall–Kier alpha value is -3.10. The highest BCUT2D eigenvalue weighted by atomic mass is 16.5. The lowest BCUT2D eigenvalue weighted by Crippen LogP contribution is -2.45. The third-order valence-electron chi connectivity index (χ3n) is 4.53. The summed E-state index contributed by atoms with van der Waals surface area (Å²) in [4.78, 5) is 51.1. The molecule has 1 aliphatic heterocycles. The molecule has 0 radical (unpaired) electrons. The van der Waals surface area contributed by atoms with Crippen LogP contribution >= 0.6 is 0 Å². The number of amides is 5. The van der Waals surface area contributed by atoms with Crippen LogP contribution in [0.5, 0.6) is 5.75 Å². The van der Waals surface area contributed by atoms with Gasteiger partial charge in [0.25, 0.3) is 5.91 Å². The van der Waals surface area contributed by atoms with Gasteiger partial charge in [-0.15, -0.1) is 0 Å². The fourth-order valence-corrected chi connectivity index (χ4v) is 2.82. The van der Waals surface area contributed by atoms with Crippen LogP contribution < -0.4 is 15.4 Å². The van der Waals surface area contributed by atoms with Crippen molar-refractivity contribution in [3.63, 3.8) is 0 Å². The number of imide groups is 1. The lowest BCUT2D eigenvalue weighted by Gasteiger charge is -2.26. The molecule has 0 spiro atoms. The number of nitrogens with one attached hydrogen (secondary N) is 2. The first-order valence-electron chi connectivity index (χ1n) is 8.50. The highest BCUT2D eigenvalue weighted by molar-refractivity contribution is 6.09. The predicted octanol–water partition coefficient (Wildman–Crippen LogP) is 0.0567. The summed E-state index contributed by atoms with van der Waals surface area (Å²) in [5.41, 5.74) is -0.627. The third-order valence-corrected chi connectivity index (χ3v) is 4.53. The van der Waals surface area contributed by atoms with Crippen molar-refractivity contribution in [1.82, 2.24) is 20.4 Å². The molecule has 2 N–H and O–H groups in total. The number of carbonyl (C=O) groups excluding carboxylic acids is 4. The number of methoxy groups -OCH3 is 1. The van der Waals surface area contributed by atoms with Gasteiger partial charge in [0.2, 0.25) is 11.8 Å². The minimum absolute atomic E-state index is 0.202. The molecule has 27 heavy (non-hydrogen) atoms. The van der Waals surface area contributed by atoms with Gasteiger partial charge < -0.3 is 20.3 Å². The van der Waals surface area contributed by atoms with Crippen molar-refractivity contribution >= 4 is 23.8 Å². The van der Waals surface area contributed by atoms with E-state index < -0.39 is 29.9 Å². The van der Waals surface area contributed by atoms with Crippen LogP contribution in [0, 0.1) is 0 Å². The number of hydrogen-bond donors (Lipinski definition) is 2. The molecule has 0 aromatic heterocycles. The van der Waals surface area contributed by atoms with Crippen LogP contribution in [0.25, 0.3) is 0 Å². The molecule has 5 amide bonds. The van der Waals surface area contributed by atoms with Gasteiger partial charge in [-0.1, -0.05) is 19.1 Å². The van der Waals surface area contributed by atoms with Crippen molar-refractivity contribution in [3.05, 3.63) is 29.8 Å². The summed E-state index contributed by atoms with van der Waals surface area (Å²) in [5.74, 6) is -0.755. The predicted molar refractivity (Wildman–Crippen MR) is 96.9 cm³/mol. The second-order valence-corrected chi connectivity index (χ2v) is 6.37. The molecule has 2 rings (SSSR count). The fourth-order valence-electron chi connectivity index (χ4n) is 2.82. The van der Waals surface area contributed by atoms with Gasteiger partial charge in [-0.05, 0) is 24.1 Å². The number of hydrogen-bond acceptors (Lipinski definition) is 5. The number of ether oxygens (including phenoxy) is 1. The maximum Gasteiger partial charge on any atom is 0.325 e. The van der Waals surface area contributed by atoms with E-state index in [1.165, 1.54) is 12.0 Å². The first kappa shape index (κ1) is 20.2. The number of benzene rings is 1. The van der Waals surface area contributed by atoms with Gasteiger partial charge in [0.15, 0.2) is 0 Å². The van der Waals surface area contributed by atoms with Gasteiger partial charge >= 0.3 is 6.03 Å². The largest absolute Gasteiger partial charge is 0.497 e. The maximum atomic E-state index is 13.0. The molecule has 146 valence electrons. The minimum atomic E-state index is -1.23. The number of likely N-dealkylation sites (N-methyl/N-ethyl adjacent to an activating group) is 1. The van der Waals surface area contributed by atoms with E-state index in [-0.39, 0.29) is 12.5 Å². The van der Waals surface area contributed by atoms with Crippen molar-refractivity contribution in [2.24, 2.45) is 0 Å². The summed E-state index contributed by atoms with van der Waals surface area (Å²) in [6.45, 7) is 1.12. The van der Waals surface area contributed by atoms with Crippen molar-refractivity contribution in [3.8, 4) is 5.75 Å². The summed E-state index contributed by atoms with van der Waals surface area (Å²) in [6.07, 6.45) is 0.321. The van der Waals surface area contributed by atoms with Gasteiger partial charge in [0, 0.05) is 14.1 Å². The highest BCUT2D eigenvalue weighted by Gasteiger charge is 2.51. The standard InChI is InChI=1S/C18H24N4O5/c1-5-18(12-6-8-13(27-4)9-7-12)16(25)22(17(26)20-18)11-14(23)19-10-15(24)21(2)3/h6-9H,5,10-11H2,1-4H3,(H,19,23)(H,20,26)/t18-/m0/s1. The molecule has 0 unspecified atom stereocenters. The summed E-state index contributed by atoms with van der Waals surface area (Å²) in [7, 11) is 4.67. The van der Waals surface area contributed by atoms with Crippen LogP contribution in [-0.2, 0) is 19.9 Å². The van der Waals surface area contributed by atoms with Crippen molar-refractivity contribution < 1.29 is 23.9 Å². The molecule has 9 heteroatoms. The quantitative estimate of drug-likeness (QED) is 0.654. The van der Waals surface area contributed by atoms with Crippen LogP contribution in [0.3, 0.4) is 0 Å². The Morgan fingerprint density at radius 1 is 1.22 bits per heavy atom. The summed E-state index contributed by atoms with van der Waals surface area (Å²) < 4.78 is 5.12. The van der Waals surface area contributed by atoms with Crippen molar-refractivity contribution in [2.45, 2.75) is 18.9 Å². The van der Waals surface area contributed by atoms with E-state index in [0.717, 1.165) is 4.90 Å². The maximum absolute atomic E-state index is 13.0. The molecular weight excluding hydrogens is 352 g/mol. The number of urea groups is 1. The van der Waals surface area contributed by atoms with E-state index in [1.54, 1.807) is 45.3 Å². The summed E-state index contributed by atoms with van der Waals surface area (Å²) in [6, 6.07) is 6.18. The van der Waals surface area contributed by atoms with E-state index in [4.69, 9.17) is 4.74 Å². The second-order valence-electron chi connectivity index (χ2n) is 6.37. The molecule has 0 aliphatic carbocycles. The number of nitrogens with zero attached hydrogens (tertiary/aromatic N) is 2. The van der Waals surface area contributed by atoms with Gasteiger partial charge in [0.1, 0.15) is 17.8 Å². The second kappa shape index (κ2) is 8.07. The molecule has 1 fully saturated rings. The smallest absolute Gasteiger partial charge is 0.325 e. The van der Waals surface area contributed by atoms with E-state index in [2.05, 4.69) is 10.6 Å². The van der Waals surface area contributed by atoms with Gasteiger partial charge in [-0.25, -0.2) is 4.79 Å². The van der Waals surface area contributed by atoms with E-state index in [9.17, 15) is 19.2 Å². The van der Waals surface area contributed by atoms with E-state index in [1.807, 2.05) is 0 Å². The summed E-state index contributed by atoms with van der Waals surface area (Å²) >= 11 is 0. The average molecular weight is 376 g/mol. The normalized spacial score (nSPS) is 18.9. The molecule has 1 aliphatic rings. The molecule has 0 bridgehead atoms. The van der Waals surface area contributed by atoms with Crippen molar-refractivity contribution in [1.29, 1.82) is 0 Å². The van der Waals surface area contributed by atoms with Gasteiger partial charge in [0.05, 0.1) is 13.7 Å². The van der Waals surface area contributed by atoms with Crippen LogP contribution in [0.15, 0.2) is 24.3 Å². The molecular formula is C18H24N4O5. The first-order chi connectivity index (χ1) is 12.7. The minimum Gasteiger partial charge on any atom is -0.497 e. The molecule has 1 heterocycles. The summed E-state index contributed by atoms with van der Waals surface area (Å²) in [5, 5.41) is 5.11. The Bertz CT molecular complexity index is 747. The SMILES string of the molecule is CC[C@@]1(c2ccc(OC)cc2)NC(=O)N(CC(=O)NCC(=O)N(C)C)C1=O. The van der Waals surface area contributed by atoms with Crippen LogP contribution in [-0.4, -0.2) is 67.8 Å². The van der Waals surface area contributed by atoms with Crippen molar-refractivity contribution in [2.75, 3.05) is 34.3 Å². The molecule has 1 saturated heterocycles. The lowest BCUT2D eigenvalue weighted by molar-refractivity contribution is -0.136. The fraction of sp³-hybridized carbons (Fsp3) is 0.444. The Morgan fingerprint density at radius 3 is 2.37 bits per heavy atom. The Balaban J connectivity index is 2.14. The van der Waals surface area contributed by atoms with Crippen LogP contribution in [0.4, 0.5) is 4.79 Å². The zero-order valence-corrected chi connectivity index (χ0v) is 15.9. The monoisotopic (exact) mass is 376 g/mol. The number of carbonyl (C=O) groups is 4. The molecule has 0 saturated carbocycles. The van der Waals surface area contributed by atoms with Gasteiger partial charge in [-0.2, -0.15) is 0 Å². The third kappa shape index (κ3) is 4.02. The van der Waals surface area contributed by atoms with Gasteiger partial charge in [-0.3, -0.25) is 19.3 Å². The Kier molecular flexibility index (Phi) is 6.04. The highest BCUT2D eigenvalue weighted by Crippen LogP contribution is 2.33. The van der Waals surface area contributed by atoms with Crippen LogP contribution in [0.1, 0.15) is 18.9 Å². The Morgan fingerprint density at radius 2 is 1.85 bits per heavy atom. The molecule has 1 aromatic rings. The topological polar surface area (TPSA) is 108 Å². The average Bonchev–Trinajstić information content (AvgIpc) is 2.91. The zero-order chi connectivity index (χ0) is 20.2.